The molecule has 2 aromatic rings. The van der Waals surface area contributed by atoms with E-state index in [1.807, 2.05) is 48.7 Å². The molecule has 0 aliphatic heterocycles. The van der Waals surface area contributed by atoms with Crippen molar-refractivity contribution in [1.82, 2.24) is 10.6 Å². The molecule has 0 heterocycles. The first kappa shape index (κ1) is 20.5. The van der Waals surface area contributed by atoms with Crippen LogP contribution >= 0.6 is 11.8 Å². The van der Waals surface area contributed by atoms with Crippen LogP contribution in [0.1, 0.15) is 23.6 Å². The Balaban J connectivity index is 1.90. The number of hydrogen-bond acceptors (Lipinski definition) is 4. The zero-order chi connectivity index (χ0) is 19.6. The number of carbonyl (C=O) groups excluding carboxylic acids is 2. The molecule has 0 aliphatic rings. The molecule has 0 saturated heterocycles. The zero-order valence-electron chi connectivity index (χ0n) is 15.0. The van der Waals surface area contributed by atoms with E-state index in [1.54, 1.807) is 23.9 Å². The number of thioether (sulfide) groups is 1. The van der Waals surface area contributed by atoms with Gasteiger partial charge in [-0.2, -0.15) is 0 Å². The van der Waals surface area contributed by atoms with Gasteiger partial charge in [-0.3, -0.25) is 14.4 Å². The van der Waals surface area contributed by atoms with Crippen molar-refractivity contribution >= 4 is 29.5 Å². The van der Waals surface area contributed by atoms with E-state index in [2.05, 4.69) is 10.6 Å². The summed E-state index contributed by atoms with van der Waals surface area (Å²) in [6, 6.07) is 15.9. The van der Waals surface area contributed by atoms with Crippen molar-refractivity contribution in [2.75, 3.05) is 12.8 Å². The van der Waals surface area contributed by atoms with Crippen LogP contribution in [-0.4, -0.2) is 35.7 Å². The Hall–Kier alpha value is -2.80. The molecule has 2 aromatic carbocycles. The second-order valence-corrected chi connectivity index (χ2v) is 6.81. The molecule has 2 amide bonds. The van der Waals surface area contributed by atoms with Crippen LogP contribution in [0.5, 0.6) is 0 Å². The fourth-order valence-electron chi connectivity index (χ4n) is 2.53. The summed E-state index contributed by atoms with van der Waals surface area (Å²) in [6.07, 6.45) is 1.90. The molecule has 3 N–H and O–H groups in total. The highest BCUT2D eigenvalue weighted by Crippen LogP contribution is 2.21. The fourth-order valence-corrected chi connectivity index (χ4v) is 2.94. The monoisotopic (exact) mass is 386 g/mol. The first-order valence-corrected chi connectivity index (χ1v) is 9.66. The minimum Gasteiger partial charge on any atom is -0.481 e. The van der Waals surface area contributed by atoms with Crippen molar-refractivity contribution < 1.29 is 19.5 Å². The number of nitrogens with one attached hydrogen (secondary N) is 2. The largest absolute Gasteiger partial charge is 0.481 e. The summed E-state index contributed by atoms with van der Waals surface area (Å²) in [5.74, 6) is -1.71. The zero-order valence-corrected chi connectivity index (χ0v) is 15.8. The minimum atomic E-state index is -1.01. The van der Waals surface area contributed by atoms with E-state index in [4.69, 9.17) is 5.11 Å². The molecule has 1 unspecified atom stereocenters. The summed E-state index contributed by atoms with van der Waals surface area (Å²) in [5.41, 5.74) is 1.56. The molecule has 27 heavy (non-hydrogen) atoms. The van der Waals surface area contributed by atoms with Gasteiger partial charge < -0.3 is 15.7 Å². The third-order valence-electron chi connectivity index (χ3n) is 3.89. The lowest BCUT2D eigenvalue weighted by Gasteiger charge is -2.18. The lowest BCUT2D eigenvalue weighted by atomic mass is 10.0. The normalized spacial score (nSPS) is 11.4. The van der Waals surface area contributed by atoms with E-state index in [1.165, 1.54) is 0 Å². The van der Waals surface area contributed by atoms with Crippen LogP contribution in [0.25, 0.3) is 0 Å². The number of aliphatic carboxylic acids is 1. The minimum absolute atomic E-state index is 0.183. The molecular formula is C20H22N2O4S. The van der Waals surface area contributed by atoms with E-state index < -0.39 is 17.9 Å². The first-order chi connectivity index (χ1) is 13.0. The Morgan fingerprint density at radius 1 is 1.00 bits per heavy atom. The average molecular weight is 386 g/mol. The Morgan fingerprint density at radius 3 is 2.26 bits per heavy atom. The molecule has 1 atom stereocenters. The molecule has 0 saturated carbocycles. The van der Waals surface area contributed by atoms with Gasteiger partial charge in [0.1, 0.15) is 0 Å². The number of carboxylic acids is 1. The number of carbonyl (C=O) groups is 3. The highest BCUT2D eigenvalue weighted by atomic mass is 32.2. The summed E-state index contributed by atoms with van der Waals surface area (Å²) in [4.78, 5) is 36.3. The molecule has 0 spiro atoms. The van der Waals surface area contributed by atoms with Crippen LogP contribution in [0.4, 0.5) is 0 Å². The Kier molecular flexibility index (Phi) is 7.88. The summed E-state index contributed by atoms with van der Waals surface area (Å²) < 4.78 is 0. The van der Waals surface area contributed by atoms with Gasteiger partial charge in [-0.15, -0.1) is 11.8 Å². The van der Waals surface area contributed by atoms with Gasteiger partial charge in [-0.1, -0.05) is 42.5 Å². The number of amides is 2. The SMILES string of the molecule is CSc1ccc(C(CC(=O)O)NC(=O)CNC(=O)Cc2ccccc2)cc1. The molecule has 0 aromatic heterocycles. The molecule has 0 bridgehead atoms. The lowest BCUT2D eigenvalue weighted by Crippen LogP contribution is -2.39. The van der Waals surface area contributed by atoms with Crippen molar-refractivity contribution in [3.05, 3.63) is 65.7 Å². The van der Waals surface area contributed by atoms with Gasteiger partial charge in [0.25, 0.3) is 0 Å². The van der Waals surface area contributed by atoms with Crippen LogP contribution in [0, 0.1) is 0 Å². The van der Waals surface area contributed by atoms with Crippen molar-refractivity contribution in [2.45, 2.75) is 23.8 Å². The van der Waals surface area contributed by atoms with Gasteiger partial charge in [0.15, 0.2) is 0 Å². The molecular weight excluding hydrogens is 364 g/mol. The van der Waals surface area contributed by atoms with Gasteiger partial charge in [-0.05, 0) is 29.5 Å². The van der Waals surface area contributed by atoms with Crippen molar-refractivity contribution in [3.8, 4) is 0 Å². The smallest absolute Gasteiger partial charge is 0.305 e. The molecule has 142 valence electrons. The topological polar surface area (TPSA) is 95.5 Å². The highest BCUT2D eigenvalue weighted by Gasteiger charge is 2.18. The Bertz CT molecular complexity index is 778. The van der Waals surface area contributed by atoms with E-state index in [0.29, 0.717) is 5.56 Å². The van der Waals surface area contributed by atoms with Crippen LogP contribution in [0.2, 0.25) is 0 Å². The van der Waals surface area contributed by atoms with Gasteiger partial charge in [-0.25, -0.2) is 0 Å². The van der Waals surface area contributed by atoms with Gasteiger partial charge in [0.2, 0.25) is 11.8 Å². The number of benzene rings is 2. The van der Waals surface area contributed by atoms with Crippen molar-refractivity contribution in [2.24, 2.45) is 0 Å². The van der Waals surface area contributed by atoms with Crippen molar-refractivity contribution in [1.29, 1.82) is 0 Å². The van der Waals surface area contributed by atoms with Crippen molar-refractivity contribution in [3.63, 3.8) is 0 Å². The third kappa shape index (κ3) is 7.15. The maximum atomic E-state index is 12.2. The predicted molar refractivity (Wildman–Crippen MR) is 105 cm³/mol. The summed E-state index contributed by atoms with van der Waals surface area (Å²) >= 11 is 1.58. The second kappa shape index (κ2) is 10.4. The number of hydrogen-bond donors (Lipinski definition) is 3. The van der Waals surface area contributed by atoms with Crippen LogP contribution < -0.4 is 10.6 Å². The summed E-state index contributed by atoms with van der Waals surface area (Å²) in [7, 11) is 0. The molecule has 2 rings (SSSR count). The van der Waals surface area contributed by atoms with E-state index in [-0.39, 0.29) is 25.3 Å². The van der Waals surface area contributed by atoms with E-state index >= 15 is 0 Å². The van der Waals surface area contributed by atoms with Crippen LogP contribution in [0.3, 0.4) is 0 Å². The van der Waals surface area contributed by atoms with Gasteiger partial charge in [0.05, 0.1) is 25.4 Å². The summed E-state index contributed by atoms with van der Waals surface area (Å²) in [5, 5.41) is 14.4. The quantitative estimate of drug-likeness (QED) is 0.575. The third-order valence-corrected chi connectivity index (χ3v) is 4.63. The predicted octanol–water partition coefficient (Wildman–Crippen LogP) is 2.40. The number of carboxylic acid groups (broad SMARTS) is 1. The standard InChI is InChI=1S/C20H22N2O4S/c1-27-16-9-7-15(8-10-16)17(12-20(25)26)22-19(24)13-21-18(23)11-14-5-3-2-4-6-14/h2-10,17H,11-13H2,1H3,(H,21,23)(H,22,24)(H,25,26). The lowest BCUT2D eigenvalue weighted by molar-refractivity contribution is -0.138. The maximum Gasteiger partial charge on any atom is 0.305 e. The van der Waals surface area contributed by atoms with E-state index in [9.17, 15) is 14.4 Å². The summed E-state index contributed by atoms with van der Waals surface area (Å²) in [6.45, 7) is -0.204. The average Bonchev–Trinajstić information content (AvgIpc) is 2.66. The molecule has 0 aliphatic carbocycles. The number of rotatable bonds is 9. The van der Waals surface area contributed by atoms with Crippen LogP contribution in [0.15, 0.2) is 59.5 Å². The molecule has 0 radical (unpaired) electrons. The van der Waals surface area contributed by atoms with E-state index in [0.717, 1.165) is 10.5 Å². The Morgan fingerprint density at radius 2 is 1.67 bits per heavy atom. The molecule has 7 heteroatoms. The van der Waals surface area contributed by atoms with Crippen LogP contribution in [-0.2, 0) is 20.8 Å². The van der Waals surface area contributed by atoms with Gasteiger partial charge in [0, 0.05) is 4.90 Å². The molecule has 6 nitrogen and oxygen atoms in total. The van der Waals surface area contributed by atoms with Gasteiger partial charge >= 0.3 is 5.97 Å². The maximum absolute atomic E-state index is 12.2. The Labute approximate surface area is 162 Å². The first-order valence-electron chi connectivity index (χ1n) is 8.43. The second-order valence-electron chi connectivity index (χ2n) is 5.93. The highest BCUT2D eigenvalue weighted by molar-refractivity contribution is 7.98. The fraction of sp³-hybridized carbons (Fsp3) is 0.250. The molecule has 0 fully saturated rings.